The zero-order valence-electron chi connectivity index (χ0n) is 11.8. The van der Waals surface area contributed by atoms with Crippen molar-refractivity contribution in [3.8, 4) is 0 Å². The highest BCUT2D eigenvalue weighted by Crippen LogP contribution is 2.31. The first-order valence-corrected chi connectivity index (χ1v) is 6.53. The summed E-state index contributed by atoms with van der Waals surface area (Å²) in [4.78, 5) is 31.2. The lowest BCUT2D eigenvalue weighted by Gasteiger charge is -2.23. The van der Waals surface area contributed by atoms with E-state index in [1.54, 1.807) is 0 Å². The van der Waals surface area contributed by atoms with Crippen molar-refractivity contribution in [1.82, 2.24) is 4.31 Å². The summed E-state index contributed by atoms with van der Waals surface area (Å²) in [5.74, 6) is -2.91. The van der Waals surface area contributed by atoms with Crippen molar-refractivity contribution in [2.24, 2.45) is 5.41 Å². The van der Waals surface area contributed by atoms with Crippen LogP contribution in [0.1, 0.15) is 20.3 Å². The summed E-state index contributed by atoms with van der Waals surface area (Å²) in [5, 5.41) is 25.6. The topological polar surface area (TPSA) is 115 Å². The third kappa shape index (κ3) is 6.96. The molecule has 0 saturated carbocycles. The van der Waals surface area contributed by atoms with Gasteiger partial charge in [-0.15, -0.1) is 0 Å². The van der Waals surface area contributed by atoms with Gasteiger partial charge in [-0.25, -0.2) is 9.10 Å². The molecule has 1 aliphatic rings. The Morgan fingerprint density at radius 3 is 2.24 bits per heavy atom. The Morgan fingerprint density at radius 1 is 1.33 bits per heavy atom. The third-order valence-corrected chi connectivity index (χ3v) is 3.19. The van der Waals surface area contributed by atoms with Crippen LogP contribution >= 0.6 is 12.8 Å². The first-order valence-electron chi connectivity index (χ1n) is 6.13. The van der Waals surface area contributed by atoms with E-state index < -0.39 is 23.3 Å². The van der Waals surface area contributed by atoms with Gasteiger partial charge in [-0.1, -0.05) is 38.0 Å². The number of hydrogen-bond donors (Lipinski definition) is 4. The molecule has 0 heterocycles. The van der Waals surface area contributed by atoms with Crippen molar-refractivity contribution in [2.45, 2.75) is 20.3 Å². The lowest BCUT2D eigenvalue weighted by molar-refractivity contribution is -0.145. The van der Waals surface area contributed by atoms with Crippen molar-refractivity contribution in [1.29, 1.82) is 0 Å². The minimum atomic E-state index is -1.08. The van der Waals surface area contributed by atoms with E-state index in [2.05, 4.69) is 12.8 Å². The van der Waals surface area contributed by atoms with Gasteiger partial charge in [0.15, 0.2) is 0 Å². The first-order chi connectivity index (χ1) is 9.62. The number of aliphatic carboxylic acids is 3. The summed E-state index contributed by atoms with van der Waals surface area (Å²) in [7, 11) is 0. The Kier molecular flexibility index (Phi) is 7.75. The van der Waals surface area contributed by atoms with Crippen LogP contribution in [0, 0.1) is 5.41 Å². The quantitative estimate of drug-likeness (QED) is 0.565. The molecule has 1 atom stereocenters. The largest absolute Gasteiger partial charge is 0.481 e. The summed E-state index contributed by atoms with van der Waals surface area (Å²) >= 11 is 3.82. The second-order valence-electron chi connectivity index (χ2n) is 4.63. The molecule has 7 nitrogen and oxygen atoms in total. The van der Waals surface area contributed by atoms with E-state index in [4.69, 9.17) is 15.3 Å². The van der Waals surface area contributed by atoms with Crippen molar-refractivity contribution in [3.63, 3.8) is 0 Å². The van der Waals surface area contributed by atoms with Gasteiger partial charge in [-0.2, -0.15) is 0 Å². The van der Waals surface area contributed by atoms with Gasteiger partial charge < -0.3 is 15.3 Å². The highest BCUT2D eigenvalue weighted by Gasteiger charge is 2.34. The van der Waals surface area contributed by atoms with E-state index >= 15 is 0 Å². The van der Waals surface area contributed by atoms with Gasteiger partial charge in [0, 0.05) is 12.1 Å². The maximum Gasteiger partial charge on any atom is 0.331 e. The maximum absolute atomic E-state index is 10.8. The molecule has 1 rings (SSSR count). The molecule has 0 saturated heterocycles. The van der Waals surface area contributed by atoms with E-state index in [0.29, 0.717) is 6.54 Å². The van der Waals surface area contributed by atoms with Crippen molar-refractivity contribution in [3.05, 3.63) is 23.8 Å². The molecule has 0 fully saturated rings. The lowest BCUT2D eigenvalue weighted by Crippen LogP contribution is -2.28. The number of hydrogen-bond acceptors (Lipinski definition) is 5. The maximum atomic E-state index is 10.8. The van der Waals surface area contributed by atoms with Crippen LogP contribution in [0.15, 0.2) is 23.8 Å². The van der Waals surface area contributed by atoms with Gasteiger partial charge in [0.25, 0.3) is 0 Å². The average molecular weight is 317 g/mol. The second kappa shape index (κ2) is 8.48. The van der Waals surface area contributed by atoms with Crippen molar-refractivity contribution >= 4 is 30.7 Å². The Bertz CT molecular complexity index is 473. The molecule has 118 valence electrons. The predicted octanol–water partition coefficient (Wildman–Crippen LogP) is 1.29. The zero-order valence-corrected chi connectivity index (χ0v) is 12.7. The van der Waals surface area contributed by atoms with E-state index in [1.165, 1.54) is 29.5 Å². The summed E-state index contributed by atoms with van der Waals surface area (Å²) in [6, 6.07) is 0. The number of carboxylic acids is 3. The number of carboxylic acid groups (broad SMARTS) is 3. The Morgan fingerprint density at radius 2 is 1.90 bits per heavy atom. The molecule has 1 aliphatic carbocycles. The molecule has 0 aliphatic heterocycles. The Balaban J connectivity index is 0.000000433. The van der Waals surface area contributed by atoms with Gasteiger partial charge in [0.05, 0.1) is 5.41 Å². The van der Waals surface area contributed by atoms with Crippen LogP contribution < -0.4 is 0 Å². The molecule has 0 amide bonds. The number of likely N-dealkylation sites (N-methyl/N-ethyl adjacent to an activating group) is 1. The summed E-state index contributed by atoms with van der Waals surface area (Å²) in [6.07, 6.45) is 4.43. The smallest absolute Gasteiger partial charge is 0.331 e. The molecule has 0 aromatic heterocycles. The molecule has 3 N–H and O–H groups in total. The van der Waals surface area contributed by atoms with Gasteiger partial charge in [-0.05, 0) is 13.3 Å². The van der Waals surface area contributed by atoms with Crippen molar-refractivity contribution < 1.29 is 29.7 Å². The molecule has 0 radical (unpaired) electrons. The minimum Gasteiger partial charge on any atom is -0.481 e. The fraction of sp³-hybridized carbons (Fsp3) is 0.462. The lowest BCUT2D eigenvalue weighted by atomic mass is 9.80. The summed E-state index contributed by atoms with van der Waals surface area (Å²) in [5.41, 5.74) is -0.949. The van der Waals surface area contributed by atoms with E-state index in [-0.39, 0.29) is 18.5 Å². The molecule has 0 aromatic carbocycles. The SMILES string of the molecule is CC1(C(=O)O)C=CC=C(C(=O)O)C1.CCN(S)CC(=O)O. The second-order valence-corrected chi connectivity index (χ2v) is 5.20. The van der Waals surface area contributed by atoms with Crippen LogP contribution in [0.3, 0.4) is 0 Å². The number of rotatable bonds is 5. The Labute approximate surface area is 128 Å². The van der Waals surface area contributed by atoms with Crippen LogP contribution in [0.2, 0.25) is 0 Å². The standard InChI is InChI=1S/C9H10O4.C4H9NO2S/c1-9(8(12)13)4-2-3-6(5-9)7(10)11;1-2-5(8)3-4(6)7/h2-4H,5H2,1H3,(H,10,11)(H,12,13);8H,2-3H2,1H3,(H,6,7). The van der Waals surface area contributed by atoms with Crippen LogP contribution in [0.25, 0.3) is 0 Å². The normalized spacial score (nSPS) is 20.3. The first kappa shape index (κ1) is 19.2. The molecule has 0 bridgehead atoms. The number of carbonyl (C=O) groups is 3. The van der Waals surface area contributed by atoms with Crippen molar-refractivity contribution in [2.75, 3.05) is 13.1 Å². The van der Waals surface area contributed by atoms with Crippen LogP contribution in [-0.4, -0.2) is 50.6 Å². The molecular formula is C13H19NO6S. The number of thiol groups is 1. The predicted molar refractivity (Wildman–Crippen MR) is 79.1 cm³/mol. The van der Waals surface area contributed by atoms with E-state index in [0.717, 1.165) is 0 Å². The zero-order chi connectivity index (χ0) is 16.6. The van der Waals surface area contributed by atoms with Crippen LogP contribution in [0.4, 0.5) is 0 Å². The van der Waals surface area contributed by atoms with Gasteiger partial charge in [-0.3, -0.25) is 9.59 Å². The Hall–Kier alpha value is -1.80. The number of allylic oxidation sites excluding steroid dienone is 2. The average Bonchev–Trinajstić information content (AvgIpc) is 2.38. The molecule has 0 aromatic rings. The van der Waals surface area contributed by atoms with Gasteiger partial charge in [0.1, 0.15) is 6.54 Å². The molecular weight excluding hydrogens is 298 g/mol. The summed E-state index contributed by atoms with van der Waals surface area (Å²) in [6.45, 7) is 3.99. The number of nitrogens with zero attached hydrogens (tertiary/aromatic N) is 1. The van der Waals surface area contributed by atoms with Gasteiger partial charge >= 0.3 is 17.9 Å². The summed E-state index contributed by atoms with van der Waals surface area (Å²) < 4.78 is 1.42. The van der Waals surface area contributed by atoms with Crippen LogP contribution in [-0.2, 0) is 14.4 Å². The monoisotopic (exact) mass is 317 g/mol. The highest BCUT2D eigenvalue weighted by molar-refractivity contribution is 7.77. The fourth-order valence-electron chi connectivity index (χ4n) is 1.45. The molecule has 21 heavy (non-hydrogen) atoms. The van der Waals surface area contributed by atoms with E-state index in [1.807, 2.05) is 6.92 Å². The minimum absolute atomic E-state index is 0.000386. The third-order valence-electron chi connectivity index (χ3n) is 2.77. The molecule has 0 spiro atoms. The fourth-order valence-corrected chi connectivity index (χ4v) is 1.57. The van der Waals surface area contributed by atoms with Gasteiger partial charge in [0.2, 0.25) is 0 Å². The molecule has 1 unspecified atom stereocenters. The van der Waals surface area contributed by atoms with E-state index in [9.17, 15) is 14.4 Å². The molecule has 8 heteroatoms. The highest BCUT2D eigenvalue weighted by atomic mass is 32.1. The van der Waals surface area contributed by atoms with Crippen LogP contribution in [0.5, 0.6) is 0 Å².